The van der Waals surface area contributed by atoms with Gasteiger partial charge in [0.25, 0.3) is 0 Å². The summed E-state index contributed by atoms with van der Waals surface area (Å²) in [5, 5.41) is 12.4. The van der Waals surface area contributed by atoms with Gasteiger partial charge in [-0.3, -0.25) is 9.69 Å². The van der Waals surface area contributed by atoms with Crippen LogP contribution in [-0.4, -0.2) is 41.7 Å². The fourth-order valence-electron chi connectivity index (χ4n) is 2.36. The first-order valence-corrected chi connectivity index (χ1v) is 7.89. The van der Waals surface area contributed by atoms with E-state index in [2.05, 4.69) is 10.2 Å². The highest BCUT2D eigenvalue weighted by atomic mass is 35.5. The number of hydrogen-bond acceptors (Lipinski definition) is 3. The maximum absolute atomic E-state index is 12.2. The number of unbranched alkanes of at least 4 members (excludes halogenated alkanes) is 1. The first-order chi connectivity index (χ1) is 10.1. The van der Waals surface area contributed by atoms with Crippen LogP contribution in [-0.2, 0) is 4.79 Å². The van der Waals surface area contributed by atoms with Gasteiger partial charge in [0.2, 0.25) is 5.91 Å². The molecule has 1 aromatic carbocycles. The molecule has 116 valence electrons. The van der Waals surface area contributed by atoms with Crippen molar-refractivity contribution in [3.8, 4) is 0 Å². The Bertz CT molecular complexity index is 489. The highest BCUT2D eigenvalue weighted by molar-refractivity contribution is 6.31. The first-order valence-electron chi connectivity index (χ1n) is 7.51. The van der Waals surface area contributed by atoms with E-state index in [4.69, 9.17) is 16.7 Å². The third-order valence-electron chi connectivity index (χ3n) is 3.74. The lowest BCUT2D eigenvalue weighted by Gasteiger charge is -2.21. The van der Waals surface area contributed by atoms with E-state index in [1.807, 2.05) is 19.1 Å². The van der Waals surface area contributed by atoms with Gasteiger partial charge in [-0.25, -0.2) is 0 Å². The summed E-state index contributed by atoms with van der Waals surface area (Å²) in [6, 6.07) is 6.03. The van der Waals surface area contributed by atoms with Crippen LogP contribution in [0.1, 0.15) is 31.2 Å². The number of aliphatic hydroxyl groups is 1. The number of rotatable bonds is 8. The third kappa shape index (κ3) is 5.30. The molecule has 1 amide bonds. The van der Waals surface area contributed by atoms with Gasteiger partial charge in [-0.05, 0) is 56.8 Å². The topological polar surface area (TPSA) is 52.6 Å². The molecule has 0 unspecified atom stereocenters. The number of nitrogens with zero attached hydrogens (tertiary/aromatic N) is 1. The van der Waals surface area contributed by atoms with Crippen molar-refractivity contribution >= 4 is 23.2 Å². The molecule has 0 aromatic heterocycles. The number of amides is 1. The normalized spacial score (nSPS) is 14.5. The van der Waals surface area contributed by atoms with Gasteiger partial charge < -0.3 is 10.4 Å². The number of carbonyl (C=O) groups is 1. The molecule has 1 fully saturated rings. The van der Waals surface area contributed by atoms with E-state index in [1.54, 1.807) is 6.07 Å². The van der Waals surface area contributed by atoms with Crippen molar-refractivity contribution in [1.82, 2.24) is 4.90 Å². The van der Waals surface area contributed by atoms with Gasteiger partial charge in [-0.15, -0.1) is 0 Å². The molecule has 4 nitrogen and oxygen atoms in total. The van der Waals surface area contributed by atoms with Crippen LogP contribution in [0.3, 0.4) is 0 Å². The lowest BCUT2D eigenvalue weighted by Crippen LogP contribution is -2.35. The van der Waals surface area contributed by atoms with Gasteiger partial charge in [0.05, 0.1) is 6.54 Å². The van der Waals surface area contributed by atoms with Gasteiger partial charge in [0, 0.05) is 23.4 Å². The Morgan fingerprint density at radius 3 is 2.86 bits per heavy atom. The van der Waals surface area contributed by atoms with Crippen LogP contribution >= 0.6 is 11.6 Å². The number of anilines is 1. The Morgan fingerprint density at radius 1 is 1.43 bits per heavy atom. The van der Waals surface area contributed by atoms with Gasteiger partial charge >= 0.3 is 0 Å². The molecule has 0 heterocycles. The van der Waals surface area contributed by atoms with E-state index in [9.17, 15) is 4.79 Å². The van der Waals surface area contributed by atoms with E-state index in [0.717, 1.165) is 30.6 Å². The summed E-state index contributed by atoms with van der Waals surface area (Å²) in [6.07, 6.45) is 4.06. The van der Waals surface area contributed by atoms with Crippen LogP contribution in [0.5, 0.6) is 0 Å². The molecule has 2 N–H and O–H groups in total. The molecule has 0 saturated heterocycles. The standard InChI is InChI=1S/C16H23ClN2O2/c1-12-4-5-13(17)10-15(12)18-16(21)11-19(14-6-7-14)8-2-3-9-20/h4-5,10,14,20H,2-3,6-9,11H2,1H3,(H,18,21). The van der Waals surface area contributed by atoms with Crippen LogP contribution in [0, 0.1) is 6.92 Å². The van der Waals surface area contributed by atoms with Crippen molar-refractivity contribution in [3.05, 3.63) is 28.8 Å². The van der Waals surface area contributed by atoms with Crippen molar-refractivity contribution in [1.29, 1.82) is 0 Å². The van der Waals surface area contributed by atoms with E-state index in [1.165, 1.54) is 12.8 Å². The minimum atomic E-state index is -0.00346. The predicted octanol–water partition coefficient (Wildman–Crippen LogP) is 2.82. The predicted molar refractivity (Wildman–Crippen MR) is 85.7 cm³/mol. The average Bonchev–Trinajstić information content (AvgIpc) is 3.26. The molecule has 0 spiro atoms. The summed E-state index contributed by atoms with van der Waals surface area (Å²) in [5.74, 6) is -0.00346. The summed E-state index contributed by atoms with van der Waals surface area (Å²) in [6.45, 7) is 3.44. The van der Waals surface area contributed by atoms with Crippen LogP contribution < -0.4 is 5.32 Å². The van der Waals surface area contributed by atoms with Crippen molar-refractivity contribution in [3.63, 3.8) is 0 Å². The number of nitrogens with one attached hydrogen (secondary N) is 1. The zero-order chi connectivity index (χ0) is 15.2. The van der Waals surface area contributed by atoms with Crippen LogP contribution in [0.25, 0.3) is 0 Å². The summed E-state index contributed by atoms with van der Waals surface area (Å²) in [7, 11) is 0. The highest BCUT2D eigenvalue weighted by Gasteiger charge is 2.29. The monoisotopic (exact) mass is 310 g/mol. The SMILES string of the molecule is Cc1ccc(Cl)cc1NC(=O)CN(CCCCO)C1CC1. The van der Waals surface area contributed by atoms with E-state index in [-0.39, 0.29) is 12.5 Å². The number of aryl methyl sites for hydroxylation is 1. The second-order valence-corrected chi connectivity index (χ2v) is 6.08. The van der Waals surface area contributed by atoms with Gasteiger partial charge in [-0.1, -0.05) is 17.7 Å². The largest absolute Gasteiger partial charge is 0.396 e. The Balaban J connectivity index is 1.88. The van der Waals surface area contributed by atoms with Crippen molar-refractivity contribution in [2.24, 2.45) is 0 Å². The van der Waals surface area contributed by atoms with E-state index in [0.29, 0.717) is 17.6 Å². The lowest BCUT2D eigenvalue weighted by molar-refractivity contribution is -0.117. The van der Waals surface area contributed by atoms with E-state index < -0.39 is 0 Å². The molecule has 21 heavy (non-hydrogen) atoms. The molecule has 0 atom stereocenters. The smallest absolute Gasteiger partial charge is 0.238 e. The number of hydrogen-bond donors (Lipinski definition) is 2. The number of benzene rings is 1. The van der Waals surface area contributed by atoms with Crippen LogP contribution in [0.2, 0.25) is 5.02 Å². The molecular weight excluding hydrogens is 288 g/mol. The Kier molecular flexibility index (Phi) is 6.03. The molecule has 1 aliphatic rings. The van der Waals surface area contributed by atoms with Crippen LogP contribution in [0.15, 0.2) is 18.2 Å². The molecule has 0 aliphatic heterocycles. The Morgan fingerprint density at radius 2 is 2.19 bits per heavy atom. The minimum Gasteiger partial charge on any atom is -0.396 e. The summed E-state index contributed by atoms with van der Waals surface area (Å²) in [4.78, 5) is 14.4. The molecule has 1 saturated carbocycles. The van der Waals surface area contributed by atoms with Crippen LogP contribution in [0.4, 0.5) is 5.69 Å². The number of carbonyl (C=O) groups excluding carboxylic acids is 1. The molecule has 1 aliphatic carbocycles. The van der Waals surface area contributed by atoms with Gasteiger partial charge in [-0.2, -0.15) is 0 Å². The Hall–Kier alpha value is -1.10. The maximum Gasteiger partial charge on any atom is 0.238 e. The zero-order valence-corrected chi connectivity index (χ0v) is 13.2. The summed E-state index contributed by atoms with van der Waals surface area (Å²) in [5.41, 5.74) is 1.78. The fraction of sp³-hybridized carbons (Fsp3) is 0.562. The quantitative estimate of drug-likeness (QED) is 0.726. The van der Waals surface area contributed by atoms with E-state index >= 15 is 0 Å². The average molecular weight is 311 g/mol. The maximum atomic E-state index is 12.2. The molecule has 2 rings (SSSR count). The fourth-order valence-corrected chi connectivity index (χ4v) is 2.53. The molecular formula is C16H23ClN2O2. The summed E-state index contributed by atoms with van der Waals surface area (Å²) < 4.78 is 0. The van der Waals surface area contributed by atoms with Gasteiger partial charge in [0.15, 0.2) is 0 Å². The molecule has 5 heteroatoms. The summed E-state index contributed by atoms with van der Waals surface area (Å²) >= 11 is 5.97. The second-order valence-electron chi connectivity index (χ2n) is 5.64. The van der Waals surface area contributed by atoms with Crippen molar-refractivity contribution in [2.75, 3.05) is 25.0 Å². The minimum absolute atomic E-state index is 0.00346. The van der Waals surface area contributed by atoms with Crippen molar-refractivity contribution in [2.45, 2.75) is 38.6 Å². The molecule has 0 radical (unpaired) electrons. The number of aliphatic hydroxyl groups excluding tert-OH is 1. The first kappa shape index (κ1) is 16.3. The zero-order valence-electron chi connectivity index (χ0n) is 12.4. The molecule has 1 aromatic rings. The second kappa shape index (κ2) is 7.78. The lowest BCUT2D eigenvalue weighted by atomic mass is 10.2. The molecule has 0 bridgehead atoms. The Labute approximate surface area is 131 Å². The third-order valence-corrected chi connectivity index (χ3v) is 3.97. The van der Waals surface area contributed by atoms with Gasteiger partial charge in [0.1, 0.15) is 0 Å². The highest BCUT2D eigenvalue weighted by Crippen LogP contribution is 2.27. The number of halogens is 1. The van der Waals surface area contributed by atoms with Crippen molar-refractivity contribution < 1.29 is 9.90 Å².